The van der Waals surface area contributed by atoms with Crippen LogP contribution in [0.5, 0.6) is 0 Å². The van der Waals surface area contributed by atoms with Crippen LogP contribution in [-0.4, -0.2) is 10.9 Å². The van der Waals surface area contributed by atoms with E-state index in [2.05, 4.69) is 10.3 Å². The first-order chi connectivity index (χ1) is 8.54. The summed E-state index contributed by atoms with van der Waals surface area (Å²) in [5.74, 6) is -0.215. The number of carbonyl (C=O) groups is 1. The van der Waals surface area contributed by atoms with Gasteiger partial charge < -0.3 is 10.3 Å². The van der Waals surface area contributed by atoms with Gasteiger partial charge in [0, 0.05) is 23.9 Å². The van der Waals surface area contributed by atoms with E-state index >= 15 is 0 Å². The minimum Gasteiger partial charge on any atom is -0.348 e. The van der Waals surface area contributed by atoms with E-state index in [1.54, 1.807) is 12.2 Å². The molecule has 1 aromatic heterocycles. The van der Waals surface area contributed by atoms with Crippen LogP contribution in [0.4, 0.5) is 0 Å². The van der Waals surface area contributed by atoms with Gasteiger partial charge in [-0.15, -0.1) is 0 Å². The third-order valence-electron chi connectivity index (χ3n) is 2.48. The van der Waals surface area contributed by atoms with E-state index in [0.29, 0.717) is 5.56 Å². The van der Waals surface area contributed by atoms with Crippen molar-refractivity contribution in [1.82, 2.24) is 10.3 Å². The molecule has 0 unspecified atom stereocenters. The Morgan fingerprint density at radius 3 is 2.72 bits per heavy atom. The van der Waals surface area contributed by atoms with Crippen molar-refractivity contribution in [3.8, 4) is 0 Å². The van der Waals surface area contributed by atoms with Crippen LogP contribution < -0.4 is 10.9 Å². The lowest BCUT2D eigenvalue weighted by molar-refractivity contribution is -0.116. The van der Waals surface area contributed by atoms with Gasteiger partial charge in [-0.1, -0.05) is 18.2 Å². The Bertz CT molecular complexity index is 539. The molecule has 0 aliphatic heterocycles. The van der Waals surface area contributed by atoms with Gasteiger partial charge in [0.15, 0.2) is 0 Å². The van der Waals surface area contributed by atoms with Crippen molar-refractivity contribution in [3.05, 3.63) is 57.5 Å². The fourth-order valence-corrected chi connectivity index (χ4v) is 1.59. The molecule has 1 amide bonds. The molecule has 0 fully saturated rings. The number of hydrogen-bond acceptors (Lipinski definition) is 2. The van der Waals surface area contributed by atoms with E-state index in [9.17, 15) is 9.59 Å². The average Bonchev–Trinajstić information content (AvgIpc) is 2.27. The number of carbonyl (C=O) groups excluding carboxylic acids is 1. The molecule has 2 N–H and O–H groups in total. The summed E-state index contributed by atoms with van der Waals surface area (Å²) in [6.45, 7) is 5.80. The second kappa shape index (κ2) is 6.59. The lowest BCUT2D eigenvalue weighted by Crippen LogP contribution is -2.26. The average molecular weight is 246 g/mol. The van der Waals surface area contributed by atoms with Crippen LogP contribution in [0.25, 0.3) is 0 Å². The first kappa shape index (κ1) is 14.0. The third-order valence-corrected chi connectivity index (χ3v) is 2.48. The lowest BCUT2D eigenvalue weighted by Gasteiger charge is -2.06. The Kier molecular flexibility index (Phi) is 5.11. The Morgan fingerprint density at radius 2 is 2.11 bits per heavy atom. The topological polar surface area (TPSA) is 62.0 Å². The first-order valence-electron chi connectivity index (χ1n) is 5.81. The maximum atomic E-state index is 11.7. The molecule has 0 aromatic carbocycles. The smallest absolute Gasteiger partial charge is 0.253 e. The van der Waals surface area contributed by atoms with Gasteiger partial charge in [-0.05, 0) is 32.4 Å². The molecular formula is C14H18N2O2. The van der Waals surface area contributed by atoms with Crippen LogP contribution in [0.2, 0.25) is 0 Å². The lowest BCUT2D eigenvalue weighted by atomic mass is 10.1. The van der Waals surface area contributed by atoms with E-state index in [0.717, 1.165) is 11.3 Å². The van der Waals surface area contributed by atoms with Crippen LogP contribution in [-0.2, 0) is 11.3 Å². The molecule has 4 nitrogen and oxygen atoms in total. The Labute approximate surface area is 106 Å². The summed E-state index contributed by atoms with van der Waals surface area (Å²) in [4.78, 5) is 25.9. The fourth-order valence-electron chi connectivity index (χ4n) is 1.59. The molecule has 0 atom stereocenters. The molecule has 0 spiro atoms. The monoisotopic (exact) mass is 246 g/mol. The predicted molar refractivity (Wildman–Crippen MR) is 72.3 cm³/mol. The van der Waals surface area contributed by atoms with Gasteiger partial charge in [0.05, 0.1) is 0 Å². The van der Waals surface area contributed by atoms with Crippen molar-refractivity contribution in [2.24, 2.45) is 0 Å². The van der Waals surface area contributed by atoms with Crippen LogP contribution in [0, 0.1) is 13.8 Å². The molecule has 0 radical (unpaired) electrons. The number of aryl methyl sites for hydroxylation is 2. The zero-order chi connectivity index (χ0) is 13.5. The molecule has 0 aliphatic rings. The molecule has 1 heterocycles. The minimum atomic E-state index is -0.215. The Morgan fingerprint density at radius 1 is 1.39 bits per heavy atom. The molecule has 0 saturated carbocycles. The number of aromatic nitrogens is 1. The maximum Gasteiger partial charge on any atom is 0.253 e. The molecule has 1 aromatic rings. The second-order valence-electron chi connectivity index (χ2n) is 4.05. The maximum absolute atomic E-state index is 11.7. The van der Waals surface area contributed by atoms with Crippen molar-refractivity contribution in [1.29, 1.82) is 0 Å². The highest BCUT2D eigenvalue weighted by Gasteiger charge is 2.05. The van der Waals surface area contributed by atoms with Crippen LogP contribution in [0.1, 0.15) is 23.7 Å². The zero-order valence-corrected chi connectivity index (χ0v) is 10.9. The molecule has 0 aliphatic carbocycles. The summed E-state index contributed by atoms with van der Waals surface area (Å²) >= 11 is 0. The van der Waals surface area contributed by atoms with Crippen molar-refractivity contribution >= 4 is 5.91 Å². The number of pyridine rings is 1. The molecule has 18 heavy (non-hydrogen) atoms. The molecule has 96 valence electrons. The third kappa shape index (κ3) is 4.05. The number of hydrogen-bond donors (Lipinski definition) is 2. The van der Waals surface area contributed by atoms with Gasteiger partial charge in [-0.2, -0.15) is 0 Å². The van der Waals surface area contributed by atoms with E-state index in [1.165, 1.54) is 6.08 Å². The normalized spacial score (nSPS) is 11.3. The van der Waals surface area contributed by atoms with Crippen molar-refractivity contribution in [2.45, 2.75) is 27.3 Å². The Hall–Kier alpha value is -2.10. The highest BCUT2D eigenvalue weighted by atomic mass is 16.1. The van der Waals surface area contributed by atoms with E-state index in [-0.39, 0.29) is 18.0 Å². The van der Waals surface area contributed by atoms with E-state index < -0.39 is 0 Å². The van der Waals surface area contributed by atoms with Gasteiger partial charge in [0.2, 0.25) is 5.91 Å². The van der Waals surface area contributed by atoms with Crippen molar-refractivity contribution in [3.63, 3.8) is 0 Å². The molecular weight excluding hydrogens is 228 g/mol. The summed E-state index contributed by atoms with van der Waals surface area (Å²) in [5.41, 5.74) is 2.15. The number of rotatable bonds is 4. The second-order valence-corrected chi connectivity index (χ2v) is 4.05. The quantitative estimate of drug-likeness (QED) is 0.628. The highest BCUT2D eigenvalue weighted by Crippen LogP contribution is 2.02. The first-order valence-corrected chi connectivity index (χ1v) is 5.81. The standard InChI is InChI=1S/C14H18N2O2/c1-4-5-6-7-13(17)15-9-12-10(2)8-11(3)16-14(12)18/h4-8H,9H2,1-3H3,(H,15,17)(H,16,18)/b5-4+,7-6+. The molecule has 1 rings (SSSR count). The SMILES string of the molecule is C/C=C/C=C/C(=O)NCc1c(C)cc(C)[nH]c1=O. The summed E-state index contributed by atoms with van der Waals surface area (Å²) in [7, 11) is 0. The molecule has 0 saturated heterocycles. The van der Waals surface area contributed by atoms with Crippen LogP contribution >= 0.6 is 0 Å². The minimum absolute atomic E-state index is 0.148. The highest BCUT2D eigenvalue weighted by molar-refractivity contribution is 5.87. The largest absolute Gasteiger partial charge is 0.348 e. The van der Waals surface area contributed by atoms with Crippen molar-refractivity contribution in [2.75, 3.05) is 0 Å². The molecule has 0 bridgehead atoms. The van der Waals surface area contributed by atoms with E-state index in [1.807, 2.05) is 32.9 Å². The summed E-state index contributed by atoms with van der Waals surface area (Å²) in [5, 5.41) is 2.68. The Balaban J connectivity index is 2.70. The zero-order valence-electron chi connectivity index (χ0n) is 10.9. The summed E-state index contributed by atoms with van der Waals surface area (Å²) in [6.07, 6.45) is 6.68. The number of allylic oxidation sites excluding steroid dienone is 3. The number of nitrogens with one attached hydrogen (secondary N) is 2. The fraction of sp³-hybridized carbons (Fsp3) is 0.286. The van der Waals surface area contributed by atoms with Gasteiger partial charge in [0.1, 0.15) is 0 Å². The molecule has 4 heteroatoms. The number of amides is 1. The summed E-state index contributed by atoms with van der Waals surface area (Å²) in [6, 6.07) is 1.89. The van der Waals surface area contributed by atoms with E-state index in [4.69, 9.17) is 0 Å². The van der Waals surface area contributed by atoms with Gasteiger partial charge in [-0.25, -0.2) is 0 Å². The predicted octanol–water partition coefficient (Wildman–Crippen LogP) is 1.74. The van der Waals surface area contributed by atoms with Gasteiger partial charge in [-0.3, -0.25) is 9.59 Å². The van der Waals surface area contributed by atoms with Gasteiger partial charge in [0.25, 0.3) is 5.56 Å². The number of aromatic amines is 1. The van der Waals surface area contributed by atoms with Crippen LogP contribution in [0.3, 0.4) is 0 Å². The van der Waals surface area contributed by atoms with Crippen LogP contribution in [0.15, 0.2) is 35.2 Å². The van der Waals surface area contributed by atoms with Gasteiger partial charge >= 0.3 is 0 Å². The van der Waals surface area contributed by atoms with Crippen molar-refractivity contribution < 1.29 is 4.79 Å². The number of H-pyrrole nitrogens is 1. The summed E-state index contributed by atoms with van der Waals surface area (Å²) < 4.78 is 0.